The molecule has 0 fully saturated rings. The van der Waals surface area contributed by atoms with Crippen molar-refractivity contribution in [1.82, 2.24) is 0 Å². The number of ether oxygens (including phenoxy) is 2. The standard InChI is InChI=1S/C9H11F5O5S/c1-5(15)18-8(6(16)19-20,9(12,13)14)17-4-3-7(2,10)11/h20H,3-4H2,1-2H3. The van der Waals surface area contributed by atoms with Crippen LogP contribution in [0.3, 0.4) is 0 Å². The highest BCUT2D eigenvalue weighted by atomic mass is 32.1. The number of halogens is 5. The summed E-state index contributed by atoms with van der Waals surface area (Å²) in [6, 6.07) is 0. The molecule has 0 aliphatic carbocycles. The van der Waals surface area contributed by atoms with Gasteiger partial charge in [-0.3, -0.25) is 4.79 Å². The number of esters is 1. The zero-order valence-electron chi connectivity index (χ0n) is 10.3. The lowest BCUT2D eigenvalue weighted by molar-refractivity contribution is -0.353. The maximum atomic E-state index is 12.9. The third kappa shape index (κ3) is 5.12. The number of hydrogen-bond acceptors (Lipinski definition) is 6. The lowest BCUT2D eigenvalue weighted by Gasteiger charge is -2.31. The van der Waals surface area contributed by atoms with Crippen molar-refractivity contribution in [3.8, 4) is 0 Å². The van der Waals surface area contributed by atoms with Gasteiger partial charge in [-0.1, -0.05) is 0 Å². The second-order valence-electron chi connectivity index (χ2n) is 3.76. The summed E-state index contributed by atoms with van der Waals surface area (Å²) >= 11 is 2.87. The minimum absolute atomic E-state index is 0.439. The monoisotopic (exact) mass is 326 g/mol. The zero-order chi connectivity index (χ0) is 16.2. The number of carbonyl (C=O) groups excluding carboxylic acids is 2. The van der Waals surface area contributed by atoms with Crippen LogP contribution in [0.2, 0.25) is 0 Å². The molecule has 1 unspecified atom stereocenters. The van der Waals surface area contributed by atoms with Gasteiger partial charge in [-0.15, -0.1) is 0 Å². The summed E-state index contributed by atoms with van der Waals surface area (Å²) in [7, 11) is 0. The summed E-state index contributed by atoms with van der Waals surface area (Å²) in [5.41, 5.74) is 0. The summed E-state index contributed by atoms with van der Waals surface area (Å²) in [6.07, 6.45) is -6.67. The first kappa shape index (κ1) is 18.9. The Balaban J connectivity index is 5.30. The van der Waals surface area contributed by atoms with Crippen LogP contribution < -0.4 is 0 Å². The molecule has 5 nitrogen and oxygen atoms in total. The molecule has 0 amide bonds. The average Bonchev–Trinajstić information content (AvgIpc) is 2.22. The summed E-state index contributed by atoms with van der Waals surface area (Å²) in [5, 5.41) is 0. The maximum absolute atomic E-state index is 12.9. The second-order valence-corrected chi connectivity index (χ2v) is 3.94. The number of carbonyl (C=O) groups is 2. The van der Waals surface area contributed by atoms with Gasteiger partial charge in [0.25, 0.3) is 0 Å². The summed E-state index contributed by atoms with van der Waals surface area (Å²) in [6.45, 7) is -0.197. The Hall–Kier alpha value is -1.10. The third-order valence-electron chi connectivity index (χ3n) is 1.86. The molecule has 0 spiro atoms. The summed E-state index contributed by atoms with van der Waals surface area (Å²) in [4.78, 5) is 21.9. The van der Waals surface area contributed by atoms with Crippen molar-refractivity contribution in [2.75, 3.05) is 6.61 Å². The number of alkyl halides is 5. The fraction of sp³-hybridized carbons (Fsp3) is 0.778. The molecular formula is C9H11F5O5S. The number of thiol groups is 1. The van der Waals surface area contributed by atoms with Gasteiger partial charge in [0.05, 0.1) is 6.61 Å². The van der Waals surface area contributed by atoms with Crippen LogP contribution in [0.5, 0.6) is 0 Å². The smallest absolute Gasteiger partial charge is 0.414 e. The van der Waals surface area contributed by atoms with Crippen LogP contribution in [0.25, 0.3) is 0 Å². The minimum atomic E-state index is -5.54. The van der Waals surface area contributed by atoms with Crippen LogP contribution in [0, 0.1) is 0 Å². The molecule has 0 saturated heterocycles. The highest BCUT2D eigenvalue weighted by Gasteiger charge is 2.67. The van der Waals surface area contributed by atoms with E-state index < -0.39 is 42.9 Å². The van der Waals surface area contributed by atoms with Crippen LogP contribution in [0.4, 0.5) is 22.0 Å². The van der Waals surface area contributed by atoms with E-state index in [2.05, 4.69) is 26.6 Å². The van der Waals surface area contributed by atoms with Crippen molar-refractivity contribution in [3.63, 3.8) is 0 Å². The first-order valence-corrected chi connectivity index (χ1v) is 5.36. The molecule has 0 aliphatic heterocycles. The van der Waals surface area contributed by atoms with E-state index in [0.717, 1.165) is 0 Å². The maximum Gasteiger partial charge on any atom is 0.468 e. The zero-order valence-corrected chi connectivity index (χ0v) is 11.2. The molecule has 20 heavy (non-hydrogen) atoms. The molecule has 0 saturated carbocycles. The Morgan fingerprint density at radius 2 is 1.65 bits per heavy atom. The van der Waals surface area contributed by atoms with Crippen molar-refractivity contribution >= 4 is 24.8 Å². The molecule has 118 valence electrons. The normalized spacial score (nSPS) is 15.4. The minimum Gasteiger partial charge on any atom is -0.414 e. The highest BCUT2D eigenvalue weighted by molar-refractivity contribution is 7.75. The molecule has 0 aliphatic rings. The predicted octanol–water partition coefficient (Wildman–Crippen LogP) is 2.26. The summed E-state index contributed by atoms with van der Waals surface area (Å²) < 4.78 is 75.1. The summed E-state index contributed by atoms with van der Waals surface area (Å²) in [5.74, 6) is -11.2. The van der Waals surface area contributed by atoms with Crippen molar-refractivity contribution < 1.29 is 45.2 Å². The molecule has 0 radical (unpaired) electrons. The molecule has 0 rings (SSSR count). The van der Waals surface area contributed by atoms with Crippen molar-refractivity contribution in [2.45, 2.75) is 38.2 Å². The Bertz CT molecular complexity index is 367. The van der Waals surface area contributed by atoms with Gasteiger partial charge in [0, 0.05) is 26.3 Å². The van der Waals surface area contributed by atoms with E-state index in [1.165, 1.54) is 0 Å². The second kappa shape index (κ2) is 6.57. The lowest BCUT2D eigenvalue weighted by atomic mass is 10.2. The molecule has 0 N–H and O–H groups in total. The molecule has 1 atom stereocenters. The van der Waals surface area contributed by atoms with E-state index in [1.807, 2.05) is 0 Å². The van der Waals surface area contributed by atoms with Crippen molar-refractivity contribution in [2.24, 2.45) is 0 Å². The SMILES string of the molecule is CC(=O)OC(OCCC(C)(F)F)(C(=O)OS)C(F)(F)F. The molecule has 0 heterocycles. The first-order valence-electron chi connectivity index (χ1n) is 4.99. The van der Waals surface area contributed by atoms with E-state index in [1.54, 1.807) is 0 Å². The van der Waals surface area contributed by atoms with Gasteiger partial charge in [0.15, 0.2) is 0 Å². The van der Waals surface area contributed by atoms with Crippen molar-refractivity contribution in [1.29, 1.82) is 0 Å². The van der Waals surface area contributed by atoms with E-state index in [-0.39, 0.29) is 0 Å². The van der Waals surface area contributed by atoms with Crippen LogP contribution >= 0.6 is 12.9 Å². The molecule has 0 aromatic heterocycles. The van der Waals surface area contributed by atoms with Gasteiger partial charge in [0.2, 0.25) is 5.92 Å². The molecule has 0 aromatic rings. The fourth-order valence-corrected chi connectivity index (χ4v) is 1.14. The molecule has 0 bridgehead atoms. The quantitative estimate of drug-likeness (QED) is 0.267. The topological polar surface area (TPSA) is 61.8 Å². The van der Waals surface area contributed by atoms with Gasteiger partial charge >= 0.3 is 23.9 Å². The lowest BCUT2D eigenvalue weighted by Crippen LogP contribution is -2.57. The van der Waals surface area contributed by atoms with Gasteiger partial charge in [-0.05, 0) is 6.92 Å². The van der Waals surface area contributed by atoms with Gasteiger partial charge in [-0.2, -0.15) is 13.2 Å². The predicted molar refractivity (Wildman–Crippen MR) is 56.8 cm³/mol. The Kier molecular flexibility index (Phi) is 6.21. The van der Waals surface area contributed by atoms with Crippen molar-refractivity contribution in [3.05, 3.63) is 0 Å². The van der Waals surface area contributed by atoms with Gasteiger partial charge < -0.3 is 13.7 Å². The first-order chi connectivity index (χ1) is 8.85. The van der Waals surface area contributed by atoms with Gasteiger partial charge in [-0.25, -0.2) is 13.6 Å². The Morgan fingerprint density at radius 3 is 1.95 bits per heavy atom. The third-order valence-corrected chi connectivity index (χ3v) is 2.02. The average molecular weight is 326 g/mol. The van der Waals surface area contributed by atoms with Gasteiger partial charge in [0.1, 0.15) is 0 Å². The number of rotatable bonds is 6. The number of hydrogen-bond donors (Lipinski definition) is 1. The molecular weight excluding hydrogens is 315 g/mol. The Morgan fingerprint density at radius 1 is 1.15 bits per heavy atom. The fourth-order valence-electron chi connectivity index (χ4n) is 1.02. The van der Waals surface area contributed by atoms with E-state index >= 15 is 0 Å². The Labute approximate surface area is 116 Å². The largest absolute Gasteiger partial charge is 0.468 e. The van der Waals surface area contributed by atoms with E-state index in [9.17, 15) is 31.5 Å². The van der Waals surface area contributed by atoms with Crippen LogP contribution in [-0.4, -0.2) is 36.4 Å². The van der Waals surface area contributed by atoms with Crippen LogP contribution in [-0.2, 0) is 23.2 Å². The highest BCUT2D eigenvalue weighted by Crippen LogP contribution is 2.37. The van der Waals surface area contributed by atoms with E-state index in [4.69, 9.17) is 0 Å². The molecule has 0 aromatic carbocycles. The van der Waals surface area contributed by atoms with Crippen LogP contribution in [0.15, 0.2) is 0 Å². The molecule has 11 heteroatoms. The van der Waals surface area contributed by atoms with Crippen LogP contribution in [0.1, 0.15) is 20.3 Å². The van der Waals surface area contributed by atoms with E-state index in [0.29, 0.717) is 13.8 Å².